The van der Waals surface area contributed by atoms with E-state index in [1.54, 1.807) is 6.92 Å². The molecule has 0 radical (unpaired) electrons. The van der Waals surface area contributed by atoms with Crippen LogP contribution in [0.5, 0.6) is 0 Å². The Hall–Kier alpha value is -0.0900. The summed E-state index contributed by atoms with van der Waals surface area (Å²) in [6.07, 6.45) is 1.37. The first-order valence-electron chi connectivity index (χ1n) is 4.62. The molecule has 0 aromatic carbocycles. The lowest BCUT2D eigenvalue weighted by Crippen LogP contribution is -2.24. The van der Waals surface area contributed by atoms with Crippen LogP contribution in [0.25, 0.3) is 0 Å². The highest BCUT2D eigenvalue weighted by Crippen LogP contribution is 2.53. The van der Waals surface area contributed by atoms with Crippen molar-refractivity contribution in [3.05, 3.63) is 0 Å². The Kier molecular flexibility index (Phi) is 2.36. The predicted octanol–water partition coefficient (Wildman–Crippen LogP) is 1.08. The minimum Gasteiger partial charge on any atom is -0.461 e. The number of fused-ring (bicyclic) bond motifs is 1. The second-order valence-electron chi connectivity index (χ2n) is 3.96. The lowest BCUT2D eigenvalue weighted by Gasteiger charge is -2.15. The van der Waals surface area contributed by atoms with Crippen LogP contribution in [0.2, 0.25) is 0 Å². The standard InChI is InChI=1S/C9H13BrO3/c1-4(10)9(12)13-8-3-7(11)5-2-6(5)8/h4-8,11H,2-3H2,1H3/t4-,5?,6?,7-,8+/m1/s1. The van der Waals surface area contributed by atoms with E-state index in [4.69, 9.17) is 4.74 Å². The third-order valence-corrected chi connectivity index (χ3v) is 3.30. The van der Waals surface area contributed by atoms with Crippen molar-refractivity contribution in [1.29, 1.82) is 0 Å². The van der Waals surface area contributed by atoms with E-state index in [9.17, 15) is 9.90 Å². The quantitative estimate of drug-likeness (QED) is 0.588. The minimum atomic E-state index is -0.248. The van der Waals surface area contributed by atoms with Crippen LogP contribution in [0.3, 0.4) is 0 Å². The topological polar surface area (TPSA) is 46.5 Å². The van der Waals surface area contributed by atoms with E-state index in [2.05, 4.69) is 15.9 Å². The molecule has 2 unspecified atom stereocenters. The van der Waals surface area contributed by atoms with Gasteiger partial charge in [-0.15, -0.1) is 0 Å². The van der Waals surface area contributed by atoms with Crippen LogP contribution in [-0.2, 0) is 9.53 Å². The molecule has 2 fully saturated rings. The second kappa shape index (κ2) is 3.24. The number of ether oxygens (including phenoxy) is 1. The maximum Gasteiger partial charge on any atom is 0.319 e. The number of aliphatic hydroxyl groups excluding tert-OH is 1. The van der Waals surface area contributed by atoms with E-state index in [0.29, 0.717) is 18.3 Å². The summed E-state index contributed by atoms with van der Waals surface area (Å²) < 4.78 is 5.25. The monoisotopic (exact) mass is 248 g/mol. The highest BCUT2D eigenvalue weighted by molar-refractivity contribution is 9.10. The molecule has 2 rings (SSSR count). The van der Waals surface area contributed by atoms with Crippen molar-refractivity contribution in [2.75, 3.05) is 0 Å². The zero-order valence-corrected chi connectivity index (χ0v) is 9.03. The summed E-state index contributed by atoms with van der Waals surface area (Å²) in [5.41, 5.74) is 0. The molecule has 0 aliphatic heterocycles. The van der Waals surface area contributed by atoms with Crippen molar-refractivity contribution in [2.45, 2.75) is 36.8 Å². The second-order valence-corrected chi connectivity index (χ2v) is 5.33. The molecule has 2 aliphatic rings. The fraction of sp³-hybridized carbons (Fsp3) is 0.889. The number of carbonyl (C=O) groups excluding carboxylic acids is 1. The van der Waals surface area contributed by atoms with Crippen molar-refractivity contribution in [2.24, 2.45) is 11.8 Å². The molecule has 13 heavy (non-hydrogen) atoms. The number of esters is 1. The van der Waals surface area contributed by atoms with E-state index < -0.39 is 0 Å². The zero-order chi connectivity index (χ0) is 9.59. The minimum absolute atomic E-state index is 0.0347. The van der Waals surface area contributed by atoms with Gasteiger partial charge in [0.15, 0.2) is 0 Å². The van der Waals surface area contributed by atoms with Gasteiger partial charge in [0.2, 0.25) is 0 Å². The zero-order valence-electron chi connectivity index (χ0n) is 7.44. The molecular weight excluding hydrogens is 236 g/mol. The van der Waals surface area contributed by atoms with E-state index in [1.165, 1.54) is 0 Å². The van der Waals surface area contributed by atoms with Crippen molar-refractivity contribution >= 4 is 21.9 Å². The fourth-order valence-electron chi connectivity index (χ4n) is 2.07. The van der Waals surface area contributed by atoms with Gasteiger partial charge in [0.05, 0.1) is 6.10 Å². The number of hydrogen-bond acceptors (Lipinski definition) is 3. The van der Waals surface area contributed by atoms with E-state index in [0.717, 1.165) is 6.42 Å². The van der Waals surface area contributed by atoms with Crippen molar-refractivity contribution < 1.29 is 14.6 Å². The Bertz CT molecular complexity index is 229. The average molecular weight is 249 g/mol. The van der Waals surface area contributed by atoms with Crippen LogP contribution in [0, 0.1) is 11.8 Å². The van der Waals surface area contributed by atoms with Gasteiger partial charge < -0.3 is 9.84 Å². The number of carbonyl (C=O) groups is 1. The molecule has 0 aromatic heterocycles. The Morgan fingerprint density at radius 3 is 2.62 bits per heavy atom. The Morgan fingerprint density at radius 1 is 1.54 bits per heavy atom. The van der Waals surface area contributed by atoms with Gasteiger partial charge in [-0.25, -0.2) is 0 Å². The highest BCUT2D eigenvalue weighted by Gasteiger charge is 2.55. The van der Waals surface area contributed by atoms with Crippen LogP contribution in [0.1, 0.15) is 19.8 Å². The van der Waals surface area contributed by atoms with Gasteiger partial charge in [0, 0.05) is 12.3 Å². The van der Waals surface area contributed by atoms with Crippen LogP contribution < -0.4 is 0 Å². The van der Waals surface area contributed by atoms with Gasteiger partial charge in [-0.1, -0.05) is 15.9 Å². The molecule has 3 nitrogen and oxygen atoms in total. The fourth-order valence-corrected chi connectivity index (χ4v) is 2.18. The van der Waals surface area contributed by atoms with Gasteiger partial charge >= 0.3 is 5.97 Å². The average Bonchev–Trinajstić information content (AvgIpc) is 2.76. The molecule has 0 saturated heterocycles. The summed E-state index contributed by atoms with van der Waals surface area (Å²) in [7, 11) is 0. The number of aliphatic hydroxyl groups is 1. The SMILES string of the molecule is C[C@@H](Br)C(=O)O[C@H]1C[C@@H](O)C2CC21. The first-order chi connectivity index (χ1) is 6.09. The molecule has 0 aromatic rings. The van der Waals surface area contributed by atoms with Crippen LogP contribution in [0.4, 0.5) is 0 Å². The molecule has 1 N–H and O–H groups in total. The maximum absolute atomic E-state index is 11.2. The first kappa shape index (κ1) is 9.46. The number of hydrogen-bond donors (Lipinski definition) is 1. The summed E-state index contributed by atoms with van der Waals surface area (Å²) in [6.45, 7) is 1.75. The van der Waals surface area contributed by atoms with Gasteiger partial charge in [-0.3, -0.25) is 4.79 Å². The van der Waals surface area contributed by atoms with Crippen molar-refractivity contribution in [1.82, 2.24) is 0 Å². The predicted molar refractivity (Wildman–Crippen MR) is 50.5 cm³/mol. The van der Waals surface area contributed by atoms with Crippen molar-refractivity contribution in [3.8, 4) is 0 Å². The molecule has 5 atom stereocenters. The number of halogens is 1. The lowest BCUT2D eigenvalue weighted by molar-refractivity contribution is -0.148. The summed E-state index contributed by atoms with van der Waals surface area (Å²) >= 11 is 3.16. The van der Waals surface area contributed by atoms with Crippen LogP contribution >= 0.6 is 15.9 Å². The first-order valence-corrected chi connectivity index (χ1v) is 5.54. The van der Waals surface area contributed by atoms with Crippen LogP contribution in [0.15, 0.2) is 0 Å². The van der Waals surface area contributed by atoms with Gasteiger partial charge in [-0.05, 0) is 19.3 Å². The van der Waals surface area contributed by atoms with Gasteiger partial charge in [-0.2, -0.15) is 0 Å². The van der Waals surface area contributed by atoms with E-state index >= 15 is 0 Å². The molecule has 2 saturated carbocycles. The van der Waals surface area contributed by atoms with Gasteiger partial charge in [0.1, 0.15) is 10.9 Å². The highest BCUT2D eigenvalue weighted by atomic mass is 79.9. The Balaban J connectivity index is 1.86. The summed E-state index contributed by atoms with van der Waals surface area (Å²) in [6, 6.07) is 0. The molecule has 0 bridgehead atoms. The molecular formula is C9H13BrO3. The normalized spacial score (nSPS) is 43.9. The Labute approximate surface area is 85.6 Å². The molecule has 4 heteroatoms. The van der Waals surface area contributed by atoms with Crippen LogP contribution in [-0.4, -0.2) is 28.1 Å². The van der Waals surface area contributed by atoms with E-state index in [1.807, 2.05) is 0 Å². The molecule has 74 valence electrons. The largest absolute Gasteiger partial charge is 0.461 e. The lowest BCUT2D eigenvalue weighted by atomic mass is 10.2. The summed E-state index contributed by atoms with van der Waals surface area (Å²) in [4.78, 5) is 11.0. The smallest absolute Gasteiger partial charge is 0.319 e. The van der Waals surface area contributed by atoms with E-state index in [-0.39, 0.29) is 23.0 Å². The van der Waals surface area contributed by atoms with Gasteiger partial charge in [0.25, 0.3) is 0 Å². The molecule has 0 heterocycles. The summed E-state index contributed by atoms with van der Waals surface area (Å²) in [5.74, 6) is 0.624. The third-order valence-electron chi connectivity index (χ3n) is 2.93. The number of alkyl halides is 1. The summed E-state index contributed by atoms with van der Waals surface area (Å²) in [5, 5.41) is 9.46. The molecule has 0 amide bonds. The molecule has 0 spiro atoms. The molecule has 2 aliphatic carbocycles. The Morgan fingerprint density at radius 2 is 2.23 bits per heavy atom. The number of rotatable bonds is 2. The maximum atomic E-state index is 11.2. The van der Waals surface area contributed by atoms with Crippen molar-refractivity contribution in [3.63, 3.8) is 0 Å². The third kappa shape index (κ3) is 1.74.